The van der Waals surface area contributed by atoms with E-state index in [4.69, 9.17) is 10.8 Å². The van der Waals surface area contributed by atoms with Crippen LogP contribution in [0, 0.1) is 0 Å². The minimum atomic E-state index is -0.998. The summed E-state index contributed by atoms with van der Waals surface area (Å²) in [6.07, 6.45) is 2.47. The largest absolute Gasteiger partial charge is 0.478 e. The number of aliphatic carboxylic acids is 1. The van der Waals surface area contributed by atoms with Crippen LogP contribution >= 0.6 is 0 Å². The standard InChI is InChI=1S/C7H12N2O3/c1-9(5-6(8)10)4-2-3-7(11)12/h2-3H,4-5H2,1H3,(H2,8,10)(H,11,12). The summed E-state index contributed by atoms with van der Waals surface area (Å²) in [6, 6.07) is 0. The van der Waals surface area contributed by atoms with Crippen molar-refractivity contribution >= 4 is 11.9 Å². The van der Waals surface area contributed by atoms with Crippen LogP contribution in [0.15, 0.2) is 12.2 Å². The van der Waals surface area contributed by atoms with Crippen LogP contribution in [0.4, 0.5) is 0 Å². The lowest BCUT2D eigenvalue weighted by Gasteiger charge is -2.10. The second-order valence-corrected chi connectivity index (χ2v) is 2.40. The molecule has 0 saturated carbocycles. The SMILES string of the molecule is CN(CC=CC(=O)O)CC(N)=O. The third-order valence-corrected chi connectivity index (χ3v) is 1.10. The van der Waals surface area contributed by atoms with E-state index in [1.807, 2.05) is 0 Å². The molecule has 0 aliphatic rings. The Bertz CT molecular complexity index is 201. The van der Waals surface area contributed by atoms with Gasteiger partial charge in [-0.25, -0.2) is 4.79 Å². The number of likely N-dealkylation sites (N-methyl/N-ethyl adjacent to an activating group) is 1. The average Bonchev–Trinajstić information content (AvgIpc) is 1.84. The van der Waals surface area contributed by atoms with Crippen LogP contribution in [0.5, 0.6) is 0 Å². The molecule has 12 heavy (non-hydrogen) atoms. The van der Waals surface area contributed by atoms with Crippen LogP contribution in [0.1, 0.15) is 0 Å². The number of rotatable bonds is 5. The summed E-state index contributed by atoms with van der Waals surface area (Å²) in [5.74, 6) is -1.43. The fourth-order valence-corrected chi connectivity index (χ4v) is 0.664. The quantitative estimate of drug-likeness (QED) is 0.523. The smallest absolute Gasteiger partial charge is 0.328 e. The first kappa shape index (κ1) is 10.6. The Kier molecular flexibility index (Phi) is 4.71. The van der Waals surface area contributed by atoms with Gasteiger partial charge in [-0.2, -0.15) is 0 Å². The molecule has 0 atom stereocenters. The Balaban J connectivity index is 3.63. The third kappa shape index (κ3) is 6.76. The van der Waals surface area contributed by atoms with Gasteiger partial charge in [-0.3, -0.25) is 9.69 Å². The maximum Gasteiger partial charge on any atom is 0.328 e. The molecule has 0 spiro atoms. The van der Waals surface area contributed by atoms with Crippen molar-refractivity contribution in [2.24, 2.45) is 5.73 Å². The zero-order chi connectivity index (χ0) is 9.56. The highest BCUT2D eigenvalue weighted by molar-refractivity contribution is 5.79. The van der Waals surface area contributed by atoms with Gasteiger partial charge in [-0.05, 0) is 7.05 Å². The molecule has 0 aliphatic heterocycles. The summed E-state index contributed by atoms with van der Waals surface area (Å²) in [6.45, 7) is 0.527. The van der Waals surface area contributed by atoms with Crippen LogP contribution in [0.3, 0.4) is 0 Å². The first-order valence-electron chi connectivity index (χ1n) is 3.38. The monoisotopic (exact) mass is 172 g/mol. The van der Waals surface area contributed by atoms with Gasteiger partial charge in [0.25, 0.3) is 0 Å². The number of nitrogens with zero attached hydrogens (tertiary/aromatic N) is 1. The second-order valence-electron chi connectivity index (χ2n) is 2.40. The Labute approximate surface area is 70.5 Å². The highest BCUT2D eigenvalue weighted by Gasteiger charge is 1.99. The number of carboxylic acid groups (broad SMARTS) is 1. The first-order valence-corrected chi connectivity index (χ1v) is 3.38. The Morgan fingerprint density at radius 1 is 1.58 bits per heavy atom. The van der Waals surface area contributed by atoms with Gasteiger partial charge in [0.2, 0.25) is 5.91 Å². The number of carbonyl (C=O) groups excluding carboxylic acids is 1. The van der Waals surface area contributed by atoms with E-state index in [1.54, 1.807) is 11.9 Å². The van der Waals surface area contributed by atoms with Crippen molar-refractivity contribution in [3.8, 4) is 0 Å². The summed E-state index contributed by atoms with van der Waals surface area (Å²) in [4.78, 5) is 22.0. The minimum absolute atomic E-state index is 0.129. The number of primary amides is 1. The van der Waals surface area contributed by atoms with E-state index in [1.165, 1.54) is 6.08 Å². The van der Waals surface area contributed by atoms with E-state index < -0.39 is 11.9 Å². The Hall–Kier alpha value is -1.36. The van der Waals surface area contributed by atoms with Crippen LogP contribution in [0.2, 0.25) is 0 Å². The van der Waals surface area contributed by atoms with Gasteiger partial charge in [0, 0.05) is 12.6 Å². The normalized spacial score (nSPS) is 10.8. The van der Waals surface area contributed by atoms with Crippen molar-refractivity contribution in [1.82, 2.24) is 4.90 Å². The number of amides is 1. The summed E-state index contributed by atoms with van der Waals surface area (Å²) in [5, 5.41) is 8.21. The number of hydrogen-bond acceptors (Lipinski definition) is 3. The molecule has 0 radical (unpaired) electrons. The molecule has 5 nitrogen and oxygen atoms in total. The lowest BCUT2D eigenvalue weighted by atomic mass is 10.4. The molecule has 0 aromatic rings. The van der Waals surface area contributed by atoms with E-state index in [2.05, 4.69) is 0 Å². The molecule has 0 bridgehead atoms. The lowest BCUT2D eigenvalue weighted by Crippen LogP contribution is -2.30. The van der Waals surface area contributed by atoms with E-state index in [9.17, 15) is 9.59 Å². The molecular weight excluding hydrogens is 160 g/mol. The summed E-state index contributed by atoms with van der Waals surface area (Å²) in [7, 11) is 1.68. The highest BCUT2D eigenvalue weighted by atomic mass is 16.4. The van der Waals surface area contributed by atoms with Gasteiger partial charge in [0.15, 0.2) is 0 Å². The van der Waals surface area contributed by atoms with Gasteiger partial charge in [-0.15, -0.1) is 0 Å². The maximum atomic E-state index is 10.3. The van der Waals surface area contributed by atoms with Gasteiger partial charge < -0.3 is 10.8 Å². The van der Waals surface area contributed by atoms with Crippen molar-refractivity contribution in [2.45, 2.75) is 0 Å². The molecule has 3 N–H and O–H groups in total. The molecule has 0 aromatic carbocycles. The van der Waals surface area contributed by atoms with Crippen LogP contribution in [-0.4, -0.2) is 42.0 Å². The topological polar surface area (TPSA) is 83.6 Å². The van der Waals surface area contributed by atoms with Gasteiger partial charge in [0.05, 0.1) is 6.54 Å². The van der Waals surface area contributed by atoms with Crippen LogP contribution in [-0.2, 0) is 9.59 Å². The average molecular weight is 172 g/mol. The van der Waals surface area contributed by atoms with E-state index in [-0.39, 0.29) is 6.54 Å². The molecule has 0 unspecified atom stereocenters. The third-order valence-electron chi connectivity index (χ3n) is 1.10. The summed E-state index contributed by atoms with van der Waals surface area (Å²) < 4.78 is 0. The fourth-order valence-electron chi connectivity index (χ4n) is 0.664. The van der Waals surface area contributed by atoms with Gasteiger partial charge >= 0.3 is 5.97 Å². The molecule has 68 valence electrons. The lowest BCUT2D eigenvalue weighted by molar-refractivity contribution is -0.131. The Morgan fingerprint density at radius 3 is 2.58 bits per heavy atom. The summed E-state index contributed by atoms with van der Waals surface area (Å²) >= 11 is 0. The van der Waals surface area contributed by atoms with Crippen molar-refractivity contribution in [3.05, 3.63) is 12.2 Å². The molecule has 0 aromatic heterocycles. The van der Waals surface area contributed by atoms with Crippen molar-refractivity contribution < 1.29 is 14.7 Å². The van der Waals surface area contributed by atoms with E-state index in [0.717, 1.165) is 6.08 Å². The first-order chi connectivity index (χ1) is 5.52. The molecule has 0 aliphatic carbocycles. The molecule has 0 fully saturated rings. The molecule has 0 rings (SSSR count). The van der Waals surface area contributed by atoms with Gasteiger partial charge in [0.1, 0.15) is 0 Å². The van der Waals surface area contributed by atoms with Crippen LogP contribution < -0.4 is 5.73 Å². The molecular formula is C7H12N2O3. The van der Waals surface area contributed by atoms with Crippen molar-refractivity contribution in [2.75, 3.05) is 20.1 Å². The number of hydrogen-bond donors (Lipinski definition) is 2. The number of nitrogens with two attached hydrogens (primary N) is 1. The zero-order valence-corrected chi connectivity index (χ0v) is 6.86. The van der Waals surface area contributed by atoms with Crippen molar-refractivity contribution in [3.63, 3.8) is 0 Å². The van der Waals surface area contributed by atoms with E-state index in [0.29, 0.717) is 6.54 Å². The molecule has 5 heteroatoms. The van der Waals surface area contributed by atoms with Crippen molar-refractivity contribution in [1.29, 1.82) is 0 Å². The molecule has 0 heterocycles. The van der Waals surface area contributed by atoms with E-state index >= 15 is 0 Å². The minimum Gasteiger partial charge on any atom is -0.478 e. The predicted octanol–water partition coefficient (Wildman–Crippen LogP) is -0.956. The summed E-state index contributed by atoms with van der Waals surface area (Å²) in [5.41, 5.74) is 4.90. The fraction of sp³-hybridized carbons (Fsp3) is 0.429. The Morgan fingerprint density at radius 2 is 2.17 bits per heavy atom. The number of carbonyl (C=O) groups is 2. The van der Waals surface area contributed by atoms with Gasteiger partial charge in [-0.1, -0.05) is 6.08 Å². The second kappa shape index (κ2) is 5.31. The highest BCUT2D eigenvalue weighted by Crippen LogP contribution is 1.82. The van der Waals surface area contributed by atoms with Crippen LogP contribution in [0.25, 0.3) is 0 Å². The number of carboxylic acids is 1. The predicted molar refractivity (Wildman–Crippen MR) is 43.5 cm³/mol. The zero-order valence-electron chi connectivity index (χ0n) is 6.86. The molecule has 1 amide bonds. The maximum absolute atomic E-state index is 10.3. The molecule has 0 saturated heterocycles.